The van der Waals surface area contributed by atoms with Crippen molar-refractivity contribution in [2.24, 2.45) is 5.92 Å². The van der Waals surface area contributed by atoms with Crippen LogP contribution in [0.4, 0.5) is 0 Å². The van der Waals surface area contributed by atoms with Crippen molar-refractivity contribution in [3.63, 3.8) is 0 Å². The summed E-state index contributed by atoms with van der Waals surface area (Å²) >= 11 is 0. The van der Waals surface area contributed by atoms with E-state index in [1.165, 1.54) is 6.08 Å². The molecule has 0 aliphatic rings. The van der Waals surface area contributed by atoms with Gasteiger partial charge >= 0.3 is 5.97 Å². The monoisotopic (exact) mass is 171 g/mol. The maximum absolute atomic E-state index is 11.0. The van der Waals surface area contributed by atoms with Crippen molar-refractivity contribution in [3.8, 4) is 0 Å². The van der Waals surface area contributed by atoms with Crippen molar-refractivity contribution in [2.75, 3.05) is 0 Å². The molecular formula is C8H13NO3. The Kier molecular flexibility index (Phi) is 4.04. The first-order chi connectivity index (χ1) is 5.49. The van der Waals surface area contributed by atoms with Gasteiger partial charge in [0.05, 0.1) is 0 Å². The van der Waals surface area contributed by atoms with Crippen LogP contribution in [0.2, 0.25) is 0 Å². The molecule has 0 rings (SSSR count). The van der Waals surface area contributed by atoms with E-state index in [0.717, 1.165) is 0 Å². The van der Waals surface area contributed by atoms with Crippen molar-refractivity contribution in [1.29, 1.82) is 0 Å². The number of carbonyl (C=O) groups excluding carboxylic acids is 1. The average molecular weight is 171 g/mol. The molecule has 1 amide bonds. The van der Waals surface area contributed by atoms with E-state index < -0.39 is 5.97 Å². The molecule has 0 spiro atoms. The van der Waals surface area contributed by atoms with Crippen LogP contribution in [0.3, 0.4) is 0 Å². The minimum atomic E-state index is -1.12. The van der Waals surface area contributed by atoms with Crippen LogP contribution in [0.15, 0.2) is 11.8 Å². The zero-order chi connectivity index (χ0) is 9.72. The van der Waals surface area contributed by atoms with Gasteiger partial charge in [-0.1, -0.05) is 19.9 Å². The van der Waals surface area contributed by atoms with Crippen LogP contribution in [-0.4, -0.2) is 17.0 Å². The molecule has 4 nitrogen and oxygen atoms in total. The topological polar surface area (TPSA) is 66.4 Å². The fourth-order valence-electron chi connectivity index (χ4n) is 0.526. The van der Waals surface area contributed by atoms with Crippen LogP contribution >= 0.6 is 0 Å². The normalized spacial score (nSPS) is 11.5. The Bertz CT molecular complexity index is 218. The maximum Gasteiger partial charge on any atom is 0.352 e. The van der Waals surface area contributed by atoms with Gasteiger partial charge in [0.2, 0.25) is 5.91 Å². The van der Waals surface area contributed by atoms with Crippen LogP contribution in [0.1, 0.15) is 20.8 Å². The predicted molar refractivity (Wildman–Crippen MR) is 44.4 cm³/mol. The second kappa shape index (κ2) is 4.54. The SMILES string of the molecule is C/C=C(\NC(=O)C(C)C)C(=O)O. The number of hydrogen-bond donors (Lipinski definition) is 2. The molecule has 0 aromatic rings. The van der Waals surface area contributed by atoms with Gasteiger partial charge in [-0.25, -0.2) is 4.79 Å². The summed E-state index contributed by atoms with van der Waals surface area (Å²) < 4.78 is 0. The molecule has 0 fully saturated rings. The molecule has 0 heterocycles. The number of carboxylic acids is 1. The van der Waals surface area contributed by atoms with Crippen molar-refractivity contribution in [1.82, 2.24) is 5.32 Å². The zero-order valence-corrected chi connectivity index (χ0v) is 7.42. The molecular weight excluding hydrogens is 158 g/mol. The largest absolute Gasteiger partial charge is 0.477 e. The minimum absolute atomic E-state index is 0.0753. The number of amides is 1. The lowest BCUT2D eigenvalue weighted by Gasteiger charge is -2.06. The van der Waals surface area contributed by atoms with Gasteiger partial charge in [0.15, 0.2) is 0 Å². The Morgan fingerprint density at radius 1 is 1.42 bits per heavy atom. The Morgan fingerprint density at radius 3 is 2.17 bits per heavy atom. The van der Waals surface area contributed by atoms with Crippen LogP contribution in [0, 0.1) is 5.92 Å². The molecule has 68 valence electrons. The summed E-state index contributed by atoms with van der Waals surface area (Å²) in [5, 5.41) is 10.8. The third kappa shape index (κ3) is 3.18. The van der Waals surface area contributed by atoms with Gasteiger partial charge < -0.3 is 10.4 Å². The average Bonchev–Trinajstić information content (AvgIpc) is 1.98. The van der Waals surface area contributed by atoms with E-state index in [1.54, 1.807) is 20.8 Å². The smallest absolute Gasteiger partial charge is 0.352 e. The molecule has 0 saturated heterocycles. The maximum atomic E-state index is 11.0. The summed E-state index contributed by atoms with van der Waals surface area (Å²) in [4.78, 5) is 21.4. The number of carbonyl (C=O) groups is 2. The molecule has 0 bridgehead atoms. The van der Waals surface area contributed by atoms with Gasteiger partial charge in [0, 0.05) is 5.92 Å². The Labute approximate surface area is 71.3 Å². The molecule has 0 atom stereocenters. The molecule has 0 radical (unpaired) electrons. The van der Waals surface area contributed by atoms with Crippen molar-refractivity contribution in [2.45, 2.75) is 20.8 Å². The van der Waals surface area contributed by atoms with Crippen LogP contribution < -0.4 is 5.32 Å². The first-order valence-electron chi connectivity index (χ1n) is 3.69. The summed E-state index contributed by atoms with van der Waals surface area (Å²) in [7, 11) is 0. The second-order valence-corrected chi connectivity index (χ2v) is 2.65. The second-order valence-electron chi connectivity index (χ2n) is 2.65. The highest BCUT2D eigenvalue weighted by Gasteiger charge is 2.12. The Morgan fingerprint density at radius 2 is 1.92 bits per heavy atom. The third-order valence-electron chi connectivity index (χ3n) is 1.30. The summed E-state index contributed by atoms with van der Waals surface area (Å²) in [6.45, 7) is 4.96. The van der Waals surface area contributed by atoms with E-state index in [1.807, 2.05) is 0 Å². The lowest BCUT2D eigenvalue weighted by atomic mass is 10.2. The van der Waals surface area contributed by atoms with Gasteiger partial charge in [-0.3, -0.25) is 4.79 Å². The molecule has 0 aliphatic heterocycles. The quantitative estimate of drug-likeness (QED) is 0.616. The Hall–Kier alpha value is -1.32. The first-order valence-corrected chi connectivity index (χ1v) is 3.69. The summed E-state index contributed by atoms with van der Waals surface area (Å²) in [5.41, 5.74) is -0.0753. The van der Waals surface area contributed by atoms with Gasteiger partial charge in [0.25, 0.3) is 0 Å². The van der Waals surface area contributed by atoms with Crippen molar-refractivity contribution < 1.29 is 14.7 Å². The Balaban J connectivity index is 4.24. The van der Waals surface area contributed by atoms with E-state index >= 15 is 0 Å². The van der Waals surface area contributed by atoms with Gasteiger partial charge in [0.1, 0.15) is 5.70 Å². The van der Waals surface area contributed by atoms with E-state index in [4.69, 9.17) is 5.11 Å². The number of carboxylic acid groups (broad SMARTS) is 1. The molecule has 0 unspecified atom stereocenters. The van der Waals surface area contributed by atoms with E-state index in [0.29, 0.717) is 0 Å². The van der Waals surface area contributed by atoms with Crippen LogP contribution in [0.25, 0.3) is 0 Å². The van der Waals surface area contributed by atoms with Crippen molar-refractivity contribution in [3.05, 3.63) is 11.8 Å². The highest BCUT2D eigenvalue weighted by atomic mass is 16.4. The summed E-state index contributed by atoms with van der Waals surface area (Å²) in [6, 6.07) is 0. The van der Waals surface area contributed by atoms with E-state index in [-0.39, 0.29) is 17.5 Å². The molecule has 12 heavy (non-hydrogen) atoms. The van der Waals surface area contributed by atoms with Crippen LogP contribution in [0.5, 0.6) is 0 Å². The van der Waals surface area contributed by atoms with Gasteiger partial charge in [-0.15, -0.1) is 0 Å². The molecule has 2 N–H and O–H groups in total. The standard InChI is InChI=1S/C8H13NO3/c1-4-6(8(11)12)9-7(10)5(2)3/h4-5H,1-3H3,(H,9,10)(H,11,12)/b6-4-. The number of hydrogen-bond acceptors (Lipinski definition) is 2. The number of aliphatic carboxylic acids is 1. The predicted octanol–water partition coefficient (Wildman–Crippen LogP) is 0.747. The van der Waals surface area contributed by atoms with Gasteiger partial charge in [-0.05, 0) is 6.92 Å². The molecule has 0 aromatic heterocycles. The summed E-state index contributed by atoms with van der Waals surface area (Å²) in [5.74, 6) is -1.61. The van der Waals surface area contributed by atoms with E-state index in [2.05, 4.69) is 5.32 Å². The molecule has 0 saturated carbocycles. The van der Waals surface area contributed by atoms with Crippen molar-refractivity contribution >= 4 is 11.9 Å². The third-order valence-corrected chi connectivity index (χ3v) is 1.30. The minimum Gasteiger partial charge on any atom is -0.477 e. The molecule has 0 aliphatic carbocycles. The highest BCUT2D eigenvalue weighted by Crippen LogP contribution is 1.95. The van der Waals surface area contributed by atoms with Crippen LogP contribution in [-0.2, 0) is 9.59 Å². The number of rotatable bonds is 3. The van der Waals surface area contributed by atoms with Gasteiger partial charge in [-0.2, -0.15) is 0 Å². The van der Waals surface area contributed by atoms with E-state index in [9.17, 15) is 9.59 Å². The fraction of sp³-hybridized carbons (Fsp3) is 0.500. The lowest BCUT2D eigenvalue weighted by molar-refractivity contribution is -0.135. The fourth-order valence-corrected chi connectivity index (χ4v) is 0.526. The highest BCUT2D eigenvalue weighted by molar-refractivity contribution is 5.92. The number of allylic oxidation sites excluding steroid dienone is 1. The summed E-state index contributed by atoms with van der Waals surface area (Å²) in [6.07, 6.45) is 1.35. The molecule has 4 heteroatoms. The molecule has 0 aromatic carbocycles. The zero-order valence-electron chi connectivity index (χ0n) is 7.42. The number of nitrogens with one attached hydrogen (secondary N) is 1. The first kappa shape index (κ1) is 10.7. The lowest BCUT2D eigenvalue weighted by Crippen LogP contribution is -2.30.